The monoisotopic (exact) mass is 376 g/mol. The Morgan fingerprint density at radius 3 is 2.38 bits per heavy atom. The van der Waals surface area contributed by atoms with Crippen molar-refractivity contribution in [3.63, 3.8) is 0 Å². The van der Waals surface area contributed by atoms with E-state index in [1.54, 1.807) is 10.4 Å². The van der Waals surface area contributed by atoms with Crippen LogP contribution in [0.2, 0.25) is 0 Å². The first kappa shape index (κ1) is 18.0. The van der Waals surface area contributed by atoms with E-state index in [4.69, 9.17) is 0 Å². The maximum absolute atomic E-state index is 13.0. The molecule has 26 heavy (non-hydrogen) atoms. The van der Waals surface area contributed by atoms with Crippen LogP contribution >= 0.6 is 0 Å². The Labute approximate surface area is 156 Å². The Kier molecular flexibility index (Phi) is 4.59. The van der Waals surface area contributed by atoms with E-state index in [0.717, 1.165) is 23.5 Å². The minimum Gasteiger partial charge on any atom is -0.340 e. The molecule has 1 aromatic carbocycles. The molecule has 3 atom stereocenters. The molecule has 1 aromatic rings. The second-order valence-electron chi connectivity index (χ2n) is 8.28. The van der Waals surface area contributed by atoms with E-state index in [2.05, 4.69) is 0 Å². The predicted octanol–water partition coefficient (Wildman–Crippen LogP) is 2.57. The largest absolute Gasteiger partial charge is 0.340 e. The van der Waals surface area contributed by atoms with E-state index in [-0.39, 0.29) is 11.8 Å². The van der Waals surface area contributed by atoms with Crippen molar-refractivity contribution in [2.75, 3.05) is 26.2 Å². The Morgan fingerprint density at radius 1 is 1.04 bits per heavy atom. The summed E-state index contributed by atoms with van der Waals surface area (Å²) in [5, 5.41) is 0. The number of piperazine rings is 1. The minimum absolute atomic E-state index is 0.191. The Balaban J connectivity index is 1.43. The zero-order chi connectivity index (χ0) is 18.5. The predicted molar refractivity (Wildman–Crippen MR) is 100 cm³/mol. The molecule has 1 heterocycles. The van der Waals surface area contributed by atoms with Crippen LogP contribution in [0.3, 0.4) is 0 Å². The second kappa shape index (κ2) is 6.64. The topological polar surface area (TPSA) is 57.7 Å². The number of hydrogen-bond donors (Lipinski definition) is 0. The van der Waals surface area contributed by atoms with Gasteiger partial charge in [0.15, 0.2) is 0 Å². The third-order valence-electron chi connectivity index (χ3n) is 6.57. The quantitative estimate of drug-likeness (QED) is 0.815. The summed E-state index contributed by atoms with van der Waals surface area (Å²) in [7, 11) is -3.50. The first-order valence-corrected chi connectivity index (χ1v) is 11.2. The molecule has 2 aliphatic carbocycles. The highest BCUT2D eigenvalue weighted by Gasteiger charge is 2.45. The third kappa shape index (κ3) is 3.07. The van der Waals surface area contributed by atoms with Gasteiger partial charge in [0.1, 0.15) is 0 Å². The number of hydrogen-bond acceptors (Lipinski definition) is 3. The van der Waals surface area contributed by atoms with Crippen LogP contribution in [0.25, 0.3) is 0 Å². The van der Waals surface area contributed by atoms with Gasteiger partial charge in [-0.15, -0.1) is 0 Å². The molecule has 142 valence electrons. The maximum Gasteiger partial charge on any atom is 0.243 e. The Hall–Kier alpha value is -1.40. The number of sulfonamides is 1. The highest BCUT2D eigenvalue weighted by molar-refractivity contribution is 7.89. The second-order valence-corrected chi connectivity index (χ2v) is 10.2. The molecule has 2 saturated carbocycles. The maximum atomic E-state index is 13.0. The fourth-order valence-electron chi connectivity index (χ4n) is 5.05. The number of benzene rings is 1. The molecular formula is C20H28N2O3S. The van der Waals surface area contributed by atoms with Crippen molar-refractivity contribution < 1.29 is 13.2 Å². The SMILES string of the molecule is Cc1ccc(C)c(S(=O)(=O)N2CCN(C(=O)C3CC4CCC3C4)CC2)c1. The van der Waals surface area contributed by atoms with Gasteiger partial charge in [0, 0.05) is 32.1 Å². The average molecular weight is 377 g/mol. The standard InChI is InChI=1S/C20H28N2O3S/c1-14-3-4-15(2)19(11-14)26(24,25)22-9-7-21(8-10-22)20(23)18-13-16-5-6-17(18)12-16/h3-4,11,16-18H,5-10,12-13H2,1-2H3. The van der Waals surface area contributed by atoms with Gasteiger partial charge in [0.2, 0.25) is 15.9 Å². The summed E-state index contributed by atoms with van der Waals surface area (Å²) in [5.74, 6) is 1.78. The van der Waals surface area contributed by atoms with Gasteiger partial charge in [-0.2, -0.15) is 4.31 Å². The molecule has 1 saturated heterocycles. The summed E-state index contributed by atoms with van der Waals surface area (Å²) in [5.41, 5.74) is 1.72. The van der Waals surface area contributed by atoms with E-state index < -0.39 is 10.0 Å². The van der Waals surface area contributed by atoms with Crippen LogP contribution in [0.15, 0.2) is 23.1 Å². The Bertz CT molecular complexity index is 812. The van der Waals surface area contributed by atoms with Gasteiger partial charge < -0.3 is 4.90 Å². The molecule has 4 rings (SSSR count). The van der Waals surface area contributed by atoms with Gasteiger partial charge in [-0.25, -0.2) is 8.42 Å². The van der Waals surface area contributed by atoms with E-state index >= 15 is 0 Å². The van der Waals surface area contributed by atoms with Crippen LogP contribution in [0, 0.1) is 31.6 Å². The summed E-state index contributed by atoms with van der Waals surface area (Å²) in [6, 6.07) is 5.54. The van der Waals surface area contributed by atoms with E-state index in [1.165, 1.54) is 19.3 Å². The van der Waals surface area contributed by atoms with Crippen LogP contribution in [0.5, 0.6) is 0 Å². The van der Waals surface area contributed by atoms with Crippen molar-refractivity contribution >= 4 is 15.9 Å². The summed E-state index contributed by atoms with van der Waals surface area (Å²) in [6.07, 6.45) is 4.75. The van der Waals surface area contributed by atoms with E-state index in [0.29, 0.717) is 37.0 Å². The van der Waals surface area contributed by atoms with E-state index in [1.807, 2.05) is 30.9 Å². The molecule has 3 fully saturated rings. The molecule has 3 unspecified atom stereocenters. The number of rotatable bonds is 3. The summed E-state index contributed by atoms with van der Waals surface area (Å²) < 4.78 is 27.6. The number of carbonyl (C=O) groups excluding carboxylic acids is 1. The van der Waals surface area contributed by atoms with Gasteiger partial charge in [0.25, 0.3) is 0 Å². The van der Waals surface area contributed by atoms with Crippen molar-refractivity contribution in [2.24, 2.45) is 17.8 Å². The van der Waals surface area contributed by atoms with Gasteiger partial charge in [-0.3, -0.25) is 4.79 Å². The molecule has 0 aromatic heterocycles. The smallest absolute Gasteiger partial charge is 0.243 e. The first-order chi connectivity index (χ1) is 12.4. The van der Waals surface area contributed by atoms with Crippen molar-refractivity contribution in [1.29, 1.82) is 0 Å². The van der Waals surface area contributed by atoms with Crippen LogP contribution in [0.4, 0.5) is 0 Å². The zero-order valence-electron chi connectivity index (χ0n) is 15.6. The number of aryl methyl sites for hydroxylation is 2. The van der Waals surface area contributed by atoms with Crippen molar-refractivity contribution in [2.45, 2.75) is 44.4 Å². The fourth-order valence-corrected chi connectivity index (χ4v) is 6.79. The third-order valence-corrected chi connectivity index (χ3v) is 8.61. The van der Waals surface area contributed by atoms with Crippen molar-refractivity contribution in [1.82, 2.24) is 9.21 Å². The van der Waals surface area contributed by atoms with Crippen molar-refractivity contribution in [3.8, 4) is 0 Å². The molecule has 2 bridgehead atoms. The van der Waals surface area contributed by atoms with Gasteiger partial charge in [-0.05, 0) is 62.1 Å². The minimum atomic E-state index is -3.50. The summed E-state index contributed by atoms with van der Waals surface area (Å²) in [4.78, 5) is 15.2. The number of fused-ring (bicyclic) bond motifs is 2. The highest BCUT2D eigenvalue weighted by Crippen LogP contribution is 2.48. The first-order valence-electron chi connectivity index (χ1n) is 9.72. The summed E-state index contributed by atoms with van der Waals surface area (Å²) in [6.45, 7) is 5.55. The van der Waals surface area contributed by atoms with Gasteiger partial charge >= 0.3 is 0 Å². The van der Waals surface area contributed by atoms with Crippen LogP contribution in [-0.2, 0) is 14.8 Å². The molecule has 1 aliphatic heterocycles. The summed E-state index contributed by atoms with van der Waals surface area (Å²) >= 11 is 0. The average Bonchev–Trinajstić information content (AvgIpc) is 3.26. The molecule has 0 N–H and O–H groups in total. The molecule has 6 heteroatoms. The number of amides is 1. The molecule has 3 aliphatic rings. The molecule has 5 nitrogen and oxygen atoms in total. The lowest BCUT2D eigenvalue weighted by Crippen LogP contribution is -2.52. The number of nitrogens with zero attached hydrogens (tertiary/aromatic N) is 2. The van der Waals surface area contributed by atoms with Gasteiger partial charge in [0.05, 0.1) is 4.90 Å². The van der Waals surface area contributed by atoms with Crippen LogP contribution < -0.4 is 0 Å². The van der Waals surface area contributed by atoms with Crippen molar-refractivity contribution in [3.05, 3.63) is 29.3 Å². The van der Waals surface area contributed by atoms with Crippen LogP contribution in [-0.4, -0.2) is 49.7 Å². The fraction of sp³-hybridized carbons (Fsp3) is 0.650. The molecule has 0 spiro atoms. The zero-order valence-corrected chi connectivity index (χ0v) is 16.5. The number of carbonyl (C=O) groups is 1. The van der Waals surface area contributed by atoms with Gasteiger partial charge in [-0.1, -0.05) is 18.6 Å². The molecule has 0 radical (unpaired) electrons. The lowest BCUT2D eigenvalue weighted by Gasteiger charge is -2.36. The lowest BCUT2D eigenvalue weighted by atomic mass is 9.87. The Morgan fingerprint density at radius 2 is 1.77 bits per heavy atom. The molecular weight excluding hydrogens is 348 g/mol. The van der Waals surface area contributed by atoms with E-state index in [9.17, 15) is 13.2 Å². The molecule has 1 amide bonds. The lowest BCUT2D eigenvalue weighted by molar-refractivity contribution is -0.138. The normalized spacial score (nSPS) is 29.3. The van der Waals surface area contributed by atoms with Crippen LogP contribution in [0.1, 0.15) is 36.8 Å². The highest BCUT2D eigenvalue weighted by atomic mass is 32.2.